The zero-order valence-electron chi connectivity index (χ0n) is 6.99. The van der Waals surface area contributed by atoms with E-state index in [0.29, 0.717) is 6.04 Å². The maximum Gasteiger partial charge on any atom is 0.0267 e. The fourth-order valence-corrected chi connectivity index (χ4v) is 1.16. The molecule has 0 spiro atoms. The molecule has 0 amide bonds. The molecule has 1 aliphatic heterocycles. The average molecular weight is 140 g/mol. The van der Waals surface area contributed by atoms with Gasteiger partial charge < -0.3 is 10.6 Å². The van der Waals surface area contributed by atoms with Gasteiger partial charge in [-0.2, -0.15) is 0 Å². The lowest BCUT2D eigenvalue weighted by Crippen LogP contribution is -2.23. The van der Waals surface area contributed by atoms with Crippen LogP contribution in [0.3, 0.4) is 0 Å². The van der Waals surface area contributed by atoms with E-state index in [1.54, 1.807) is 0 Å². The summed E-state index contributed by atoms with van der Waals surface area (Å²) in [4.78, 5) is 0. The molecule has 2 heteroatoms. The van der Waals surface area contributed by atoms with Crippen LogP contribution in [0, 0.1) is 0 Å². The van der Waals surface area contributed by atoms with Crippen LogP contribution in [0.15, 0.2) is 11.4 Å². The van der Waals surface area contributed by atoms with Crippen LogP contribution >= 0.6 is 0 Å². The molecule has 1 aliphatic rings. The Morgan fingerprint density at radius 1 is 1.30 bits per heavy atom. The second-order valence-electron chi connectivity index (χ2n) is 3.01. The highest BCUT2D eigenvalue weighted by molar-refractivity contribution is 5.08. The highest BCUT2D eigenvalue weighted by atomic mass is 15.0. The predicted molar refractivity (Wildman–Crippen MR) is 43.6 cm³/mol. The van der Waals surface area contributed by atoms with Gasteiger partial charge in [-0.25, -0.2) is 0 Å². The number of allylic oxidation sites excluding steroid dienone is 2. The number of hydrogen-bond acceptors (Lipinski definition) is 2. The molecule has 0 aromatic heterocycles. The first-order valence-electron chi connectivity index (χ1n) is 3.88. The Balaban J connectivity index is 2.61. The third-order valence-corrected chi connectivity index (χ3v) is 1.99. The van der Waals surface area contributed by atoms with Gasteiger partial charge in [0.2, 0.25) is 0 Å². The van der Waals surface area contributed by atoms with Crippen molar-refractivity contribution >= 4 is 0 Å². The molecule has 0 radical (unpaired) electrons. The van der Waals surface area contributed by atoms with E-state index in [9.17, 15) is 0 Å². The standard InChI is InChI=1S/C8H16N2/c1-6-4-5-9-7(2)8(3)10-6/h6,9-10H,4-5H2,1-3H3. The summed E-state index contributed by atoms with van der Waals surface area (Å²) in [6.45, 7) is 7.53. The van der Waals surface area contributed by atoms with Crippen molar-refractivity contribution in [1.29, 1.82) is 0 Å². The quantitative estimate of drug-likeness (QED) is 0.528. The second kappa shape index (κ2) is 2.95. The summed E-state index contributed by atoms with van der Waals surface area (Å²) in [5.74, 6) is 0. The monoisotopic (exact) mass is 140 g/mol. The van der Waals surface area contributed by atoms with E-state index in [4.69, 9.17) is 0 Å². The van der Waals surface area contributed by atoms with Crippen molar-refractivity contribution in [2.24, 2.45) is 0 Å². The number of hydrogen-bond donors (Lipinski definition) is 2. The molecule has 0 saturated heterocycles. The fourth-order valence-electron chi connectivity index (χ4n) is 1.16. The minimum absolute atomic E-state index is 0.616. The van der Waals surface area contributed by atoms with Crippen LogP contribution in [0.1, 0.15) is 27.2 Å². The van der Waals surface area contributed by atoms with Crippen LogP contribution in [0.4, 0.5) is 0 Å². The highest BCUT2D eigenvalue weighted by Crippen LogP contribution is 2.03. The van der Waals surface area contributed by atoms with E-state index < -0.39 is 0 Å². The summed E-state index contributed by atoms with van der Waals surface area (Å²) in [6, 6.07) is 0.616. The number of nitrogens with one attached hydrogen (secondary N) is 2. The molecule has 1 rings (SSSR count). The van der Waals surface area contributed by atoms with Gasteiger partial charge in [-0.15, -0.1) is 0 Å². The first-order valence-corrected chi connectivity index (χ1v) is 3.88. The fraction of sp³-hybridized carbons (Fsp3) is 0.750. The molecule has 1 unspecified atom stereocenters. The van der Waals surface area contributed by atoms with Crippen LogP contribution in [-0.4, -0.2) is 12.6 Å². The Hall–Kier alpha value is -0.660. The molecule has 2 nitrogen and oxygen atoms in total. The Kier molecular flexibility index (Phi) is 2.20. The summed E-state index contributed by atoms with van der Waals surface area (Å²) >= 11 is 0. The zero-order chi connectivity index (χ0) is 7.56. The molecule has 0 bridgehead atoms. The zero-order valence-corrected chi connectivity index (χ0v) is 6.99. The molecule has 1 heterocycles. The van der Waals surface area contributed by atoms with Crippen molar-refractivity contribution in [2.75, 3.05) is 6.54 Å². The summed E-state index contributed by atoms with van der Waals surface area (Å²) in [5, 5.41) is 6.75. The van der Waals surface area contributed by atoms with Crippen LogP contribution < -0.4 is 10.6 Å². The molecule has 0 aliphatic carbocycles. The second-order valence-corrected chi connectivity index (χ2v) is 3.01. The van der Waals surface area contributed by atoms with E-state index in [1.165, 1.54) is 17.8 Å². The molecule has 1 atom stereocenters. The van der Waals surface area contributed by atoms with Crippen molar-refractivity contribution in [3.05, 3.63) is 11.4 Å². The summed E-state index contributed by atoms with van der Waals surface area (Å²) in [7, 11) is 0. The van der Waals surface area contributed by atoms with Crippen molar-refractivity contribution in [2.45, 2.75) is 33.2 Å². The molecule has 58 valence electrons. The summed E-state index contributed by atoms with van der Waals surface area (Å²) < 4.78 is 0. The molecule has 0 saturated carbocycles. The molecule has 2 N–H and O–H groups in total. The van der Waals surface area contributed by atoms with Crippen molar-refractivity contribution in [3.63, 3.8) is 0 Å². The van der Waals surface area contributed by atoms with E-state index in [0.717, 1.165) is 6.54 Å². The third kappa shape index (κ3) is 1.66. The molecular weight excluding hydrogens is 124 g/mol. The normalized spacial score (nSPS) is 26.9. The van der Waals surface area contributed by atoms with Crippen molar-refractivity contribution in [3.8, 4) is 0 Å². The topological polar surface area (TPSA) is 24.1 Å². The van der Waals surface area contributed by atoms with Gasteiger partial charge in [-0.05, 0) is 27.2 Å². The predicted octanol–water partition coefficient (Wildman–Crippen LogP) is 1.21. The van der Waals surface area contributed by atoms with Gasteiger partial charge in [0.15, 0.2) is 0 Å². The SMILES string of the molecule is CC1=C(C)NC(C)CCN1. The smallest absolute Gasteiger partial charge is 0.0267 e. The van der Waals surface area contributed by atoms with Gasteiger partial charge in [0, 0.05) is 24.0 Å². The molecule has 0 aromatic rings. The lowest BCUT2D eigenvalue weighted by molar-refractivity contribution is 0.579. The molecule has 0 aromatic carbocycles. The van der Waals surface area contributed by atoms with Crippen molar-refractivity contribution in [1.82, 2.24) is 10.6 Å². The summed E-state index contributed by atoms with van der Waals surface area (Å²) in [5.41, 5.74) is 2.56. The Morgan fingerprint density at radius 3 is 2.70 bits per heavy atom. The van der Waals surface area contributed by atoms with Gasteiger partial charge in [-0.1, -0.05) is 0 Å². The maximum atomic E-state index is 3.41. The molecular formula is C8H16N2. The van der Waals surface area contributed by atoms with Gasteiger partial charge in [0.05, 0.1) is 0 Å². The van der Waals surface area contributed by atoms with Crippen LogP contribution in [0.5, 0.6) is 0 Å². The van der Waals surface area contributed by atoms with Crippen molar-refractivity contribution < 1.29 is 0 Å². The minimum Gasteiger partial charge on any atom is -0.387 e. The Bertz CT molecular complexity index is 149. The minimum atomic E-state index is 0.616. The lowest BCUT2D eigenvalue weighted by Gasteiger charge is -2.10. The first kappa shape index (κ1) is 7.45. The Labute approximate surface area is 62.7 Å². The highest BCUT2D eigenvalue weighted by Gasteiger charge is 2.07. The Morgan fingerprint density at radius 2 is 2.00 bits per heavy atom. The van der Waals surface area contributed by atoms with Gasteiger partial charge in [-0.3, -0.25) is 0 Å². The van der Waals surface area contributed by atoms with Gasteiger partial charge in [0.1, 0.15) is 0 Å². The summed E-state index contributed by atoms with van der Waals surface area (Å²) in [6.07, 6.45) is 1.20. The maximum absolute atomic E-state index is 3.41. The number of rotatable bonds is 0. The largest absolute Gasteiger partial charge is 0.387 e. The van der Waals surface area contributed by atoms with E-state index in [-0.39, 0.29) is 0 Å². The first-order chi connectivity index (χ1) is 4.70. The third-order valence-electron chi connectivity index (χ3n) is 1.99. The average Bonchev–Trinajstić information content (AvgIpc) is 1.96. The van der Waals surface area contributed by atoms with Crippen LogP contribution in [0.25, 0.3) is 0 Å². The van der Waals surface area contributed by atoms with Crippen LogP contribution in [-0.2, 0) is 0 Å². The van der Waals surface area contributed by atoms with E-state index in [2.05, 4.69) is 31.4 Å². The molecule has 0 fully saturated rings. The van der Waals surface area contributed by atoms with Crippen LogP contribution in [0.2, 0.25) is 0 Å². The van der Waals surface area contributed by atoms with Gasteiger partial charge >= 0.3 is 0 Å². The lowest BCUT2D eigenvalue weighted by atomic mass is 10.2. The van der Waals surface area contributed by atoms with E-state index in [1.807, 2.05) is 0 Å². The van der Waals surface area contributed by atoms with E-state index >= 15 is 0 Å². The molecule has 10 heavy (non-hydrogen) atoms. The van der Waals surface area contributed by atoms with Gasteiger partial charge in [0.25, 0.3) is 0 Å².